The Morgan fingerprint density at radius 1 is 1.32 bits per heavy atom. The zero-order valence-electron chi connectivity index (χ0n) is 20.0. The van der Waals surface area contributed by atoms with Gasteiger partial charge >= 0.3 is 0 Å². The fourth-order valence-corrected chi connectivity index (χ4v) is 4.95. The summed E-state index contributed by atoms with van der Waals surface area (Å²) in [6.45, 7) is 8.42. The number of aliphatic imine (C=N–C) groups is 1. The Labute approximate surface area is 205 Å². The Morgan fingerprint density at radius 3 is 2.76 bits per heavy atom. The molecule has 3 heterocycles. The molecule has 1 fully saturated rings. The lowest BCUT2D eigenvalue weighted by Gasteiger charge is -2.41. The van der Waals surface area contributed by atoms with Crippen molar-refractivity contribution in [2.45, 2.75) is 70.7 Å². The second-order valence-electron chi connectivity index (χ2n) is 9.39. The van der Waals surface area contributed by atoms with Gasteiger partial charge in [-0.1, -0.05) is 23.7 Å². The number of carbonyl (C=O) groups excluding carboxylic acids is 1. The number of aromatic nitrogens is 1. The van der Waals surface area contributed by atoms with Gasteiger partial charge in [0.1, 0.15) is 0 Å². The van der Waals surface area contributed by atoms with Crippen LogP contribution in [-0.2, 0) is 15.1 Å². The van der Waals surface area contributed by atoms with E-state index in [1.807, 2.05) is 52.0 Å². The minimum Gasteiger partial charge on any atom is -0.475 e. The topological polar surface area (TPSA) is 102 Å². The van der Waals surface area contributed by atoms with Gasteiger partial charge in [0.25, 0.3) is 0 Å². The summed E-state index contributed by atoms with van der Waals surface area (Å²) in [5.41, 5.74) is 7.69. The van der Waals surface area contributed by atoms with E-state index in [-0.39, 0.29) is 36.5 Å². The maximum Gasteiger partial charge on any atom is 0.232 e. The smallest absolute Gasteiger partial charge is 0.232 e. The van der Waals surface area contributed by atoms with Gasteiger partial charge in [-0.05, 0) is 52.7 Å². The molecule has 9 heteroatoms. The van der Waals surface area contributed by atoms with Crippen molar-refractivity contribution >= 4 is 34.8 Å². The van der Waals surface area contributed by atoms with Crippen LogP contribution in [0.5, 0.6) is 5.88 Å². The summed E-state index contributed by atoms with van der Waals surface area (Å²) in [4.78, 5) is 24.0. The van der Waals surface area contributed by atoms with Crippen molar-refractivity contribution in [2.24, 2.45) is 10.7 Å². The Hall–Kier alpha value is -2.84. The molecular weight excluding hydrogens is 454 g/mol. The summed E-state index contributed by atoms with van der Waals surface area (Å²) in [6.07, 6.45) is 3.51. The van der Waals surface area contributed by atoms with Gasteiger partial charge in [0.05, 0.1) is 46.8 Å². The quantitative estimate of drug-likeness (QED) is 0.620. The van der Waals surface area contributed by atoms with Crippen molar-refractivity contribution < 1.29 is 14.3 Å². The number of rotatable bonds is 6. The van der Waals surface area contributed by atoms with Gasteiger partial charge < -0.3 is 20.5 Å². The van der Waals surface area contributed by atoms with Gasteiger partial charge in [-0.15, -0.1) is 0 Å². The van der Waals surface area contributed by atoms with E-state index in [0.717, 1.165) is 24.1 Å². The van der Waals surface area contributed by atoms with Crippen LogP contribution in [0.4, 0.5) is 11.4 Å². The zero-order valence-corrected chi connectivity index (χ0v) is 20.8. The van der Waals surface area contributed by atoms with Crippen LogP contribution < -0.4 is 15.8 Å². The standard InChI is InChI=1S/C25H32ClN5O3/c1-15(2)34-21-9-8-17(14-28-21)29-20-7-5-6-19(23(20)26)25(4)13-22(32)31(24(27)30-25)18-10-11-33-16(3)12-18/h5-9,14-16,18,29H,10-13H2,1-4H3,(H2,27,30)/t16-,18+,25+/m1/s1. The molecule has 2 aliphatic rings. The number of nitrogens with two attached hydrogens (primary N) is 1. The summed E-state index contributed by atoms with van der Waals surface area (Å²) in [5.74, 6) is 0.743. The molecule has 3 atom stereocenters. The molecule has 2 aromatic rings. The Morgan fingerprint density at radius 2 is 2.12 bits per heavy atom. The maximum atomic E-state index is 13.2. The van der Waals surface area contributed by atoms with Gasteiger partial charge in [-0.25, -0.2) is 9.98 Å². The molecule has 0 spiro atoms. The van der Waals surface area contributed by atoms with Gasteiger partial charge in [-0.2, -0.15) is 0 Å². The predicted molar refractivity (Wildman–Crippen MR) is 134 cm³/mol. The van der Waals surface area contributed by atoms with Gasteiger partial charge in [0.15, 0.2) is 5.96 Å². The number of hydrogen-bond donors (Lipinski definition) is 2. The number of carbonyl (C=O) groups is 1. The fourth-order valence-electron chi connectivity index (χ4n) is 4.57. The molecule has 3 N–H and O–H groups in total. The third kappa shape index (κ3) is 5.13. The average Bonchev–Trinajstić information content (AvgIpc) is 2.75. The first kappa shape index (κ1) is 24.3. The largest absolute Gasteiger partial charge is 0.475 e. The monoisotopic (exact) mass is 485 g/mol. The Bertz CT molecular complexity index is 1070. The molecule has 0 radical (unpaired) electrons. The number of guanidine groups is 1. The van der Waals surface area contributed by atoms with Crippen molar-refractivity contribution in [3.8, 4) is 5.88 Å². The molecule has 1 aromatic carbocycles. The third-order valence-corrected chi connectivity index (χ3v) is 6.55. The number of amides is 1. The van der Waals surface area contributed by atoms with Crippen LogP contribution in [0, 0.1) is 0 Å². The van der Waals surface area contributed by atoms with Gasteiger partial charge in [0.2, 0.25) is 11.8 Å². The summed E-state index contributed by atoms with van der Waals surface area (Å²) in [6, 6.07) is 9.34. The predicted octanol–water partition coefficient (Wildman–Crippen LogP) is 4.60. The second-order valence-corrected chi connectivity index (χ2v) is 9.77. The van der Waals surface area contributed by atoms with Crippen LogP contribution >= 0.6 is 11.6 Å². The minimum atomic E-state index is -0.865. The maximum absolute atomic E-state index is 13.2. The minimum absolute atomic E-state index is 0.00294. The lowest BCUT2D eigenvalue weighted by Crippen LogP contribution is -2.56. The summed E-state index contributed by atoms with van der Waals surface area (Å²) in [7, 11) is 0. The first-order valence-electron chi connectivity index (χ1n) is 11.6. The van der Waals surface area contributed by atoms with Crippen molar-refractivity contribution in [3.63, 3.8) is 0 Å². The molecule has 0 unspecified atom stereocenters. The molecule has 4 rings (SSSR count). The van der Waals surface area contributed by atoms with Gasteiger partial charge in [0, 0.05) is 24.3 Å². The molecular formula is C25H32ClN5O3. The van der Waals surface area contributed by atoms with Crippen LogP contribution in [0.25, 0.3) is 0 Å². The highest BCUT2D eigenvalue weighted by Gasteiger charge is 2.42. The molecule has 0 saturated carbocycles. The molecule has 0 bridgehead atoms. The lowest BCUT2D eigenvalue weighted by atomic mass is 9.86. The molecule has 1 amide bonds. The van der Waals surface area contributed by atoms with Crippen LogP contribution in [0.2, 0.25) is 5.02 Å². The van der Waals surface area contributed by atoms with E-state index in [0.29, 0.717) is 23.2 Å². The molecule has 182 valence electrons. The highest BCUT2D eigenvalue weighted by atomic mass is 35.5. The average molecular weight is 486 g/mol. The van der Waals surface area contributed by atoms with E-state index in [9.17, 15) is 4.79 Å². The number of nitrogens with zero attached hydrogens (tertiary/aromatic N) is 3. The zero-order chi connectivity index (χ0) is 24.5. The van der Waals surface area contributed by atoms with Crippen LogP contribution in [-0.4, -0.2) is 46.6 Å². The van der Waals surface area contributed by atoms with Crippen molar-refractivity contribution in [2.75, 3.05) is 11.9 Å². The normalized spacial score (nSPS) is 25.3. The van der Waals surface area contributed by atoms with E-state index in [4.69, 9.17) is 31.8 Å². The Kier molecular flexibility index (Phi) is 7.00. The van der Waals surface area contributed by atoms with E-state index in [1.54, 1.807) is 17.2 Å². The summed E-state index contributed by atoms with van der Waals surface area (Å²) >= 11 is 6.82. The fraction of sp³-hybridized carbons (Fsp3) is 0.480. The van der Waals surface area contributed by atoms with Crippen molar-refractivity contribution in [1.82, 2.24) is 9.88 Å². The number of benzene rings is 1. The Balaban J connectivity index is 1.57. The lowest BCUT2D eigenvalue weighted by molar-refractivity contribution is -0.133. The second kappa shape index (κ2) is 9.80. The number of nitrogens with one attached hydrogen (secondary N) is 1. The van der Waals surface area contributed by atoms with Crippen molar-refractivity contribution in [1.29, 1.82) is 0 Å². The van der Waals surface area contributed by atoms with Crippen LogP contribution in [0.1, 0.15) is 52.5 Å². The molecule has 0 aliphatic carbocycles. The summed E-state index contributed by atoms with van der Waals surface area (Å²) in [5, 5.41) is 3.79. The highest BCUT2D eigenvalue weighted by molar-refractivity contribution is 6.34. The molecule has 2 aliphatic heterocycles. The molecule has 8 nitrogen and oxygen atoms in total. The van der Waals surface area contributed by atoms with Gasteiger partial charge in [-0.3, -0.25) is 9.69 Å². The van der Waals surface area contributed by atoms with E-state index in [1.165, 1.54) is 0 Å². The number of pyridine rings is 1. The number of hydrogen-bond acceptors (Lipinski definition) is 7. The third-order valence-electron chi connectivity index (χ3n) is 6.15. The molecule has 1 saturated heterocycles. The SMILES string of the molecule is CC(C)Oc1ccc(Nc2cccc([C@]3(C)CC(=O)N([C@H]4CCO[C@H](C)C4)C(N)=N3)c2Cl)cn1. The molecule has 34 heavy (non-hydrogen) atoms. The van der Waals surface area contributed by atoms with Crippen LogP contribution in [0.15, 0.2) is 41.5 Å². The highest BCUT2D eigenvalue weighted by Crippen LogP contribution is 2.41. The van der Waals surface area contributed by atoms with E-state index < -0.39 is 5.54 Å². The van der Waals surface area contributed by atoms with Crippen molar-refractivity contribution in [3.05, 3.63) is 47.1 Å². The first-order chi connectivity index (χ1) is 16.2. The molecule has 1 aromatic heterocycles. The number of halogens is 1. The number of ether oxygens (including phenoxy) is 2. The van der Waals surface area contributed by atoms with E-state index >= 15 is 0 Å². The first-order valence-corrected chi connectivity index (χ1v) is 12.0. The number of anilines is 2. The van der Waals surface area contributed by atoms with Crippen LogP contribution in [0.3, 0.4) is 0 Å². The van der Waals surface area contributed by atoms with E-state index in [2.05, 4.69) is 10.3 Å². The summed E-state index contributed by atoms with van der Waals surface area (Å²) < 4.78 is 11.2.